The second-order valence-corrected chi connectivity index (χ2v) is 5.58. The second-order valence-electron chi connectivity index (χ2n) is 3.62. The summed E-state index contributed by atoms with van der Waals surface area (Å²) in [5.74, 6) is 0. The number of hydrogen-bond donors (Lipinski definition) is 0. The van der Waals surface area contributed by atoms with E-state index in [2.05, 4.69) is 4.31 Å². The van der Waals surface area contributed by atoms with Crippen LogP contribution in [0, 0.1) is 10.1 Å². The predicted molar refractivity (Wildman–Crippen MR) is 82.7 cm³/mol. The van der Waals surface area contributed by atoms with Crippen molar-refractivity contribution in [1.29, 1.82) is 0 Å². The van der Waals surface area contributed by atoms with E-state index in [-0.39, 0.29) is 10.7 Å². The average Bonchev–Trinajstić information content (AvgIpc) is 2.45. The first-order chi connectivity index (χ1) is 9.58. The Hall–Kier alpha value is -0.530. The Balaban J connectivity index is 0.000000956. The van der Waals surface area contributed by atoms with E-state index in [1.165, 1.54) is 24.1 Å². The summed E-state index contributed by atoms with van der Waals surface area (Å²) < 4.78 is 7.29. The highest BCUT2D eigenvalue weighted by Gasteiger charge is 2.19. The van der Waals surface area contributed by atoms with Gasteiger partial charge in [0.1, 0.15) is 5.02 Å². The number of rotatable bonds is 3. The third-order valence-electron chi connectivity index (χ3n) is 2.40. The van der Waals surface area contributed by atoms with Gasteiger partial charge in [0.15, 0.2) is 0 Å². The maximum absolute atomic E-state index is 10.8. The van der Waals surface area contributed by atoms with Crippen LogP contribution in [0.25, 0.3) is 0 Å². The van der Waals surface area contributed by atoms with Gasteiger partial charge in [0, 0.05) is 24.1 Å². The van der Waals surface area contributed by atoms with Crippen LogP contribution in [0.3, 0.4) is 0 Å². The highest BCUT2D eigenvalue weighted by Crippen LogP contribution is 2.37. The second kappa shape index (κ2) is 8.69. The molecule has 0 spiro atoms. The molecule has 20 heavy (non-hydrogen) atoms. The highest BCUT2D eigenvalue weighted by molar-refractivity contribution is 7.97. The Kier molecular flexibility index (Phi) is 7.61. The van der Waals surface area contributed by atoms with E-state index in [0.29, 0.717) is 23.1 Å². The van der Waals surface area contributed by atoms with Crippen LogP contribution in [0.5, 0.6) is 0 Å². The Morgan fingerprint density at radius 1 is 1.25 bits per heavy atom. The summed E-state index contributed by atoms with van der Waals surface area (Å²) in [5.41, 5.74) is -0.128. The lowest BCUT2D eigenvalue weighted by Crippen LogP contribution is -2.30. The molecule has 1 aromatic rings. The molecule has 0 saturated carbocycles. The molecule has 1 aliphatic rings. The number of halogens is 2. The fourth-order valence-electron chi connectivity index (χ4n) is 1.51. The van der Waals surface area contributed by atoms with E-state index in [4.69, 9.17) is 27.9 Å². The van der Waals surface area contributed by atoms with Gasteiger partial charge >= 0.3 is 0 Å². The number of benzene rings is 1. The smallest absolute Gasteiger partial charge is 0.289 e. The third kappa shape index (κ3) is 4.79. The van der Waals surface area contributed by atoms with Gasteiger partial charge in [0.05, 0.1) is 23.2 Å². The normalized spacial score (nSPS) is 15.4. The zero-order chi connectivity index (χ0) is 15.1. The van der Waals surface area contributed by atoms with E-state index < -0.39 is 4.92 Å². The monoisotopic (exact) mass is 338 g/mol. The molecule has 0 N–H and O–H groups in total. The van der Waals surface area contributed by atoms with Crippen molar-refractivity contribution in [2.45, 2.75) is 18.7 Å². The summed E-state index contributed by atoms with van der Waals surface area (Å²) in [5, 5.41) is 11.3. The predicted octanol–water partition coefficient (Wildman–Crippen LogP) is 4.27. The van der Waals surface area contributed by atoms with Crippen molar-refractivity contribution in [3.63, 3.8) is 0 Å². The number of hydrogen-bond acceptors (Lipinski definition) is 5. The molecule has 0 aromatic heterocycles. The van der Waals surface area contributed by atoms with Crippen LogP contribution >= 0.6 is 35.1 Å². The molecule has 0 aliphatic carbocycles. The van der Waals surface area contributed by atoms with Crippen molar-refractivity contribution in [1.82, 2.24) is 4.31 Å². The molecular weight excluding hydrogens is 323 g/mol. The van der Waals surface area contributed by atoms with Crippen LogP contribution in [-0.4, -0.2) is 35.5 Å². The van der Waals surface area contributed by atoms with Gasteiger partial charge in [-0.2, -0.15) is 0 Å². The third-order valence-corrected chi connectivity index (χ3v) is 4.28. The molecule has 0 atom stereocenters. The molecule has 2 rings (SSSR count). The van der Waals surface area contributed by atoms with Gasteiger partial charge in [0.2, 0.25) is 0 Å². The first-order valence-corrected chi connectivity index (χ1v) is 7.75. The molecule has 1 aromatic carbocycles. The summed E-state index contributed by atoms with van der Waals surface area (Å²) >= 11 is 13.2. The number of nitro groups is 1. The molecule has 1 fully saturated rings. The molecule has 5 nitrogen and oxygen atoms in total. The number of morpholine rings is 1. The quantitative estimate of drug-likeness (QED) is 0.468. The zero-order valence-corrected chi connectivity index (χ0v) is 13.6. The van der Waals surface area contributed by atoms with Gasteiger partial charge in [-0.05, 0) is 18.0 Å². The summed E-state index contributed by atoms with van der Waals surface area (Å²) in [7, 11) is 0. The van der Waals surface area contributed by atoms with Gasteiger partial charge in [-0.1, -0.05) is 37.0 Å². The molecule has 0 amide bonds. The number of nitrogens with zero attached hydrogens (tertiary/aromatic N) is 2. The molecule has 0 bridgehead atoms. The number of ether oxygens (including phenoxy) is 1. The standard InChI is InChI=1S/C10H10Cl2N2O3S.C2H6/c11-7-5-8(12)10(6-9(7)14(15)16)18-13-1-3-17-4-2-13;1-2/h5-6H,1-4H2;1-2H3. The minimum absolute atomic E-state index is 0.0522. The lowest BCUT2D eigenvalue weighted by atomic mass is 10.3. The average molecular weight is 339 g/mol. The minimum Gasteiger partial charge on any atom is -0.379 e. The van der Waals surface area contributed by atoms with Crippen molar-refractivity contribution >= 4 is 40.8 Å². The molecule has 1 heterocycles. The van der Waals surface area contributed by atoms with E-state index in [1.807, 2.05) is 13.8 Å². The Labute approximate surface area is 132 Å². The summed E-state index contributed by atoms with van der Waals surface area (Å²) in [6, 6.07) is 2.81. The summed E-state index contributed by atoms with van der Waals surface area (Å²) in [6.07, 6.45) is 0. The molecule has 1 aliphatic heterocycles. The minimum atomic E-state index is -0.512. The van der Waals surface area contributed by atoms with Gasteiger partial charge in [-0.25, -0.2) is 4.31 Å². The lowest BCUT2D eigenvalue weighted by Gasteiger charge is -2.25. The maximum Gasteiger partial charge on any atom is 0.289 e. The molecule has 1 saturated heterocycles. The SMILES string of the molecule is CC.O=[N+]([O-])c1cc(SN2CCOCC2)c(Cl)cc1Cl. The van der Waals surface area contributed by atoms with Crippen LogP contribution < -0.4 is 0 Å². The van der Waals surface area contributed by atoms with Crippen molar-refractivity contribution < 1.29 is 9.66 Å². The van der Waals surface area contributed by atoms with E-state index in [1.54, 1.807) is 0 Å². The lowest BCUT2D eigenvalue weighted by molar-refractivity contribution is -0.384. The van der Waals surface area contributed by atoms with Gasteiger partial charge in [-0.3, -0.25) is 10.1 Å². The van der Waals surface area contributed by atoms with Crippen molar-refractivity contribution in [3.05, 3.63) is 32.3 Å². The number of nitro benzene ring substituents is 1. The first kappa shape index (κ1) is 17.5. The van der Waals surface area contributed by atoms with Gasteiger partial charge in [-0.15, -0.1) is 0 Å². The van der Waals surface area contributed by atoms with Crippen molar-refractivity contribution in [2.24, 2.45) is 0 Å². The van der Waals surface area contributed by atoms with Crippen LogP contribution in [0.15, 0.2) is 17.0 Å². The van der Waals surface area contributed by atoms with Gasteiger partial charge < -0.3 is 4.74 Å². The van der Waals surface area contributed by atoms with E-state index in [0.717, 1.165) is 13.1 Å². The topological polar surface area (TPSA) is 55.6 Å². The molecule has 0 radical (unpaired) electrons. The molecule has 8 heteroatoms. The Morgan fingerprint density at radius 3 is 2.40 bits per heavy atom. The first-order valence-electron chi connectivity index (χ1n) is 6.22. The Bertz CT molecular complexity index is 468. The molecule has 0 unspecified atom stereocenters. The summed E-state index contributed by atoms with van der Waals surface area (Å²) in [6.45, 7) is 6.83. The highest BCUT2D eigenvalue weighted by atomic mass is 35.5. The van der Waals surface area contributed by atoms with Crippen LogP contribution in [0.2, 0.25) is 10.0 Å². The largest absolute Gasteiger partial charge is 0.379 e. The fraction of sp³-hybridized carbons (Fsp3) is 0.500. The van der Waals surface area contributed by atoms with Crippen molar-refractivity contribution in [3.8, 4) is 0 Å². The molecule has 112 valence electrons. The van der Waals surface area contributed by atoms with Crippen molar-refractivity contribution in [2.75, 3.05) is 26.3 Å². The van der Waals surface area contributed by atoms with Crippen LogP contribution in [-0.2, 0) is 4.74 Å². The fourth-order valence-corrected chi connectivity index (χ4v) is 2.98. The summed E-state index contributed by atoms with van der Waals surface area (Å²) in [4.78, 5) is 10.9. The van der Waals surface area contributed by atoms with E-state index >= 15 is 0 Å². The zero-order valence-electron chi connectivity index (χ0n) is 11.3. The van der Waals surface area contributed by atoms with Crippen LogP contribution in [0.4, 0.5) is 5.69 Å². The van der Waals surface area contributed by atoms with Crippen LogP contribution in [0.1, 0.15) is 13.8 Å². The van der Waals surface area contributed by atoms with E-state index in [9.17, 15) is 10.1 Å². The van der Waals surface area contributed by atoms with Gasteiger partial charge in [0.25, 0.3) is 5.69 Å². The molecular formula is C12H16Cl2N2O3S. The Morgan fingerprint density at radius 2 is 1.85 bits per heavy atom. The maximum atomic E-state index is 10.8.